The maximum Gasteiger partial charge on any atom is 0.340 e. The summed E-state index contributed by atoms with van der Waals surface area (Å²) in [7, 11) is 0. The molecule has 1 amide bonds. The molecule has 10 heteroatoms. The van der Waals surface area contributed by atoms with E-state index in [1.54, 1.807) is 6.07 Å². The average molecular weight is 625 g/mol. The third-order valence-corrected chi connectivity index (χ3v) is 9.02. The third kappa shape index (κ3) is 7.35. The van der Waals surface area contributed by atoms with E-state index < -0.39 is 0 Å². The number of carbonyl (C=O) groups is 1. The summed E-state index contributed by atoms with van der Waals surface area (Å²) >= 11 is 1.40. The lowest BCUT2D eigenvalue weighted by Crippen LogP contribution is -2.44. The molecule has 45 heavy (non-hydrogen) atoms. The van der Waals surface area contributed by atoms with Crippen molar-refractivity contribution in [3.05, 3.63) is 105 Å². The van der Waals surface area contributed by atoms with Crippen molar-refractivity contribution in [1.29, 1.82) is 0 Å². The van der Waals surface area contributed by atoms with Crippen LogP contribution in [0.25, 0.3) is 22.2 Å². The summed E-state index contributed by atoms with van der Waals surface area (Å²) in [6, 6.07) is 23.2. The highest BCUT2D eigenvalue weighted by Gasteiger charge is 2.26. The number of aryl methyl sites for hydroxylation is 1. The van der Waals surface area contributed by atoms with Gasteiger partial charge in [0, 0.05) is 46.8 Å². The normalized spacial score (nSPS) is 14.8. The Morgan fingerprint density at radius 1 is 1.07 bits per heavy atom. The molecule has 1 unspecified atom stereocenters. The van der Waals surface area contributed by atoms with Gasteiger partial charge in [-0.05, 0) is 80.4 Å². The average Bonchev–Trinajstić information content (AvgIpc) is 3.49. The third-order valence-electron chi connectivity index (χ3n) is 8.34. The standard InChI is InChI=1S/C35H36N4O5S/c1-22-29-12-11-27(18-32(29)44-34(41)30(22)17-23-5-3-2-4-6-23)42-20-28(19-39-15-13-25(14-16-39)33(36)40)43-26-9-7-24(8-10-26)31-21-45-35(37)38-31/h2-12,18,21,25,28H,13-17,19-20H2,1H3,(H2,36,40)(H2,37,38). The molecule has 1 aliphatic rings. The summed E-state index contributed by atoms with van der Waals surface area (Å²) in [6.45, 7) is 4.34. The van der Waals surface area contributed by atoms with Crippen molar-refractivity contribution in [2.75, 3.05) is 32.0 Å². The van der Waals surface area contributed by atoms with Gasteiger partial charge in [-0.2, -0.15) is 0 Å². The molecule has 5 aromatic rings. The zero-order valence-corrected chi connectivity index (χ0v) is 25.9. The molecule has 6 rings (SSSR count). The Balaban J connectivity index is 1.17. The predicted octanol–water partition coefficient (Wildman–Crippen LogP) is 5.42. The van der Waals surface area contributed by atoms with E-state index in [1.807, 2.05) is 79.0 Å². The van der Waals surface area contributed by atoms with E-state index in [0.717, 1.165) is 53.7 Å². The van der Waals surface area contributed by atoms with Gasteiger partial charge >= 0.3 is 5.63 Å². The highest BCUT2D eigenvalue weighted by atomic mass is 32.1. The van der Waals surface area contributed by atoms with E-state index >= 15 is 0 Å². The topological polar surface area (TPSA) is 134 Å². The van der Waals surface area contributed by atoms with Crippen LogP contribution in [0.3, 0.4) is 0 Å². The molecule has 0 aliphatic carbocycles. The lowest BCUT2D eigenvalue weighted by Gasteiger charge is -2.33. The minimum Gasteiger partial charge on any atom is -0.490 e. The molecule has 9 nitrogen and oxygen atoms in total. The Morgan fingerprint density at radius 2 is 1.80 bits per heavy atom. The predicted molar refractivity (Wildman–Crippen MR) is 177 cm³/mol. The van der Waals surface area contributed by atoms with E-state index in [-0.39, 0.29) is 30.2 Å². The van der Waals surface area contributed by atoms with Crippen molar-refractivity contribution in [1.82, 2.24) is 9.88 Å². The Hall–Kier alpha value is -4.67. The van der Waals surface area contributed by atoms with Gasteiger partial charge in [-0.1, -0.05) is 30.3 Å². The Labute approximate surface area is 265 Å². The fraction of sp³-hybridized carbons (Fsp3) is 0.286. The molecule has 0 bridgehead atoms. The van der Waals surface area contributed by atoms with Crippen LogP contribution >= 0.6 is 11.3 Å². The summed E-state index contributed by atoms with van der Waals surface area (Å²) < 4.78 is 18.4. The number of aromatic nitrogens is 1. The molecule has 3 heterocycles. The van der Waals surface area contributed by atoms with Crippen molar-refractivity contribution in [3.8, 4) is 22.8 Å². The quantitative estimate of drug-likeness (QED) is 0.186. The van der Waals surface area contributed by atoms with Crippen molar-refractivity contribution in [2.24, 2.45) is 11.7 Å². The minimum atomic E-state index is -0.342. The number of nitrogen functional groups attached to an aromatic ring is 1. The number of nitrogens with zero attached hydrogens (tertiary/aromatic N) is 2. The first kappa shape index (κ1) is 30.4. The molecular formula is C35H36N4O5S. The lowest BCUT2D eigenvalue weighted by molar-refractivity contribution is -0.123. The summed E-state index contributed by atoms with van der Waals surface area (Å²) in [4.78, 5) is 31.3. The highest BCUT2D eigenvalue weighted by Crippen LogP contribution is 2.28. The Bertz CT molecular complexity index is 1830. The molecule has 232 valence electrons. The number of carbonyl (C=O) groups excluding carboxylic acids is 1. The maximum absolute atomic E-state index is 13.0. The smallest absolute Gasteiger partial charge is 0.340 e. The number of benzene rings is 3. The van der Waals surface area contributed by atoms with Gasteiger partial charge in [-0.25, -0.2) is 9.78 Å². The molecule has 1 aliphatic heterocycles. The first-order chi connectivity index (χ1) is 21.8. The Kier molecular flexibility index (Phi) is 9.13. The zero-order chi connectivity index (χ0) is 31.3. The summed E-state index contributed by atoms with van der Waals surface area (Å²) in [5.41, 5.74) is 15.9. The molecule has 1 saturated heterocycles. The number of amides is 1. The van der Waals surface area contributed by atoms with E-state index in [4.69, 9.17) is 25.4 Å². The van der Waals surface area contributed by atoms with Gasteiger partial charge in [0.15, 0.2) is 5.13 Å². The van der Waals surface area contributed by atoms with Crippen LogP contribution in [-0.4, -0.2) is 48.1 Å². The van der Waals surface area contributed by atoms with E-state index in [1.165, 1.54) is 11.3 Å². The number of likely N-dealkylation sites (tertiary alicyclic amines) is 1. The van der Waals surface area contributed by atoms with Gasteiger partial charge in [0.05, 0.1) is 5.69 Å². The minimum absolute atomic E-state index is 0.0897. The number of piperidine rings is 1. The number of fused-ring (bicyclic) bond motifs is 1. The van der Waals surface area contributed by atoms with Crippen molar-refractivity contribution < 1.29 is 18.7 Å². The number of hydrogen-bond acceptors (Lipinski definition) is 9. The molecule has 0 saturated carbocycles. The van der Waals surface area contributed by atoms with E-state index in [0.29, 0.717) is 40.7 Å². The second kappa shape index (κ2) is 13.5. The van der Waals surface area contributed by atoms with E-state index in [2.05, 4.69) is 9.88 Å². The van der Waals surface area contributed by atoms with Gasteiger partial charge < -0.3 is 25.4 Å². The van der Waals surface area contributed by atoms with Crippen LogP contribution in [0.4, 0.5) is 5.13 Å². The first-order valence-electron chi connectivity index (χ1n) is 15.0. The monoisotopic (exact) mass is 624 g/mol. The van der Waals surface area contributed by atoms with Crippen molar-refractivity contribution >= 4 is 33.3 Å². The van der Waals surface area contributed by atoms with Crippen LogP contribution in [0.1, 0.15) is 29.5 Å². The fourth-order valence-corrected chi connectivity index (χ4v) is 6.36. The largest absolute Gasteiger partial charge is 0.490 e. The lowest BCUT2D eigenvalue weighted by atomic mass is 9.96. The van der Waals surface area contributed by atoms with E-state index in [9.17, 15) is 9.59 Å². The number of rotatable bonds is 11. The molecule has 1 fully saturated rings. The number of primary amides is 1. The number of hydrogen-bond donors (Lipinski definition) is 2. The van der Waals surface area contributed by atoms with Crippen molar-refractivity contribution in [3.63, 3.8) is 0 Å². The molecule has 2 aromatic heterocycles. The van der Waals surface area contributed by atoms with Crippen LogP contribution in [0.15, 0.2) is 87.4 Å². The fourth-order valence-electron chi connectivity index (χ4n) is 5.79. The van der Waals surface area contributed by atoms with Crippen LogP contribution in [0, 0.1) is 12.8 Å². The molecule has 4 N–H and O–H groups in total. The maximum atomic E-state index is 13.0. The van der Waals surface area contributed by atoms with Crippen LogP contribution < -0.4 is 26.6 Å². The van der Waals surface area contributed by atoms with Crippen molar-refractivity contribution in [2.45, 2.75) is 32.3 Å². The van der Waals surface area contributed by atoms with Gasteiger partial charge in [0.2, 0.25) is 5.91 Å². The molecule has 0 radical (unpaired) electrons. The number of thiazole rings is 1. The molecule has 0 spiro atoms. The summed E-state index contributed by atoms with van der Waals surface area (Å²) in [6.07, 6.45) is 1.65. The Morgan fingerprint density at radius 3 is 2.49 bits per heavy atom. The number of anilines is 1. The van der Waals surface area contributed by atoms with Gasteiger partial charge in [0.1, 0.15) is 29.8 Å². The second-order valence-corrected chi connectivity index (χ2v) is 12.3. The first-order valence-corrected chi connectivity index (χ1v) is 15.9. The SMILES string of the molecule is Cc1c(Cc2ccccc2)c(=O)oc2cc(OCC(CN3CCC(C(N)=O)CC3)Oc3ccc(-c4csc(N)n4)cc3)ccc12. The van der Waals surface area contributed by atoms with Crippen LogP contribution in [0.5, 0.6) is 11.5 Å². The highest BCUT2D eigenvalue weighted by molar-refractivity contribution is 7.13. The zero-order valence-electron chi connectivity index (χ0n) is 25.1. The number of ether oxygens (including phenoxy) is 2. The second-order valence-electron chi connectivity index (χ2n) is 11.4. The summed E-state index contributed by atoms with van der Waals surface area (Å²) in [5.74, 6) is 0.957. The van der Waals surface area contributed by atoms with Gasteiger partial charge in [0.25, 0.3) is 0 Å². The molecular weight excluding hydrogens is 588 g/mol. The van der Waals surface area contributed by atoms with Gasteiger partial charge in [-0.15, -0.1) is 11.3 Å². The van der Waals surface area contributed by atoms with Gasteiger partial charge in [-0.3, -0.25) is 9.69 Å². The van der Waals surface area contributed by atoms with Crippen LogP contribution in [-0.2, 0) is 11.2 Å². The summed E-state index contributed by atoms with van der Waals surface area (Å²) in [5, 5.41) is 3.33. The molecule has 3 aromatic carbocycles. The molecule has 1 atom stereocenters. The van der Waals surface area contributed by atoms with Crippen LogP contribution in [0.2, 0.25) is 0 Å². The number of nitrogens with two attached hydrogens (primary N) is 2.